The minimum atomic E-state index is -0.192. The molecule has 4 heteroatoms. The second-order valence-electron chi connectivity index (χ2n) is 4.67. The lowest BCUT2D eigenvalue weighted by Gasteiger charge is -2.15. The van der Waals surface area contributed by atoms with Gasteiger partial charge in [0.25, 0.3) is 5.91 Å². The zero-order valence-corrected chi connectivity index (χ0v) is 11.9. The summed E-state index contributed by atoms with van der Waals surface area (Å²) in [6, 6.07) is 11.4. The van der Waals surface area contributed by atoms with Gasteiger partial charge in [-0.2, -0.15) is 0 Å². The van der Waals surface area contributed by atoms with Crippen LogP contribution in [0.2, 0.25) is 0 Å². The van der Waals surface area contributed by atoms with Crippen molar-refractivity contribution >= 4 is 5.91 Å². The number of pyridine rings is 1. The Morgan fingerprint density at radius 3 is 2.60 bits per heavy atom. The average molecular weight is 270 g/mol. The van der Waals surface area contributed by atoms with Crippen molar-refractivity contribution in [2.75, 3.05) is 7.11 Å². The Hall–Kier alpha value is -2.36. The predicted molar refractivity (Wildman–Crippen MR) is 77.8 cm³/mol. The standard InChI is InChI=1S/C16H18N2O2/c1-11-6-8-13(9-7-11)12(2)18-15(19)14-5-4-10-17-16(14)20-3/h4-10,12H,1-3H3,(H,18,19). The van der Waals surface area contributed by atoms with Gasteiger partial charge in [0.05, 0.1) is 13.2 Å². The molecular weight excluding hydrogens is 252 g/mol. The number of amides is 1. The molecule has 2 rings (SSSR count). The van der Waals surface area contributed by atoms with Crippen LogP contribution in [0.1, 0.15) is 34.5 Å². The Bertz CT molecular complexity index is 594. The van der Waals surface area contributed by atoms with Crippen LogP contribution in [0.3, 0.4) is 0 Å². The van der Waals surface area contributed by atoms with Crippen molar-refractivity contribution in [2.45, 2.75) is 19.9 Å². The van der Waals surface area contributed by atoms with Gasteiger partial charge in [0, 0.05) is 6.20 Å². The highest BCUT2D eigenvalue weighted by Crippen LogP contribution is 2.17. The molecule has 0 bridgehead atoms. The van der Waals surface area contributed by atoms with Crippen molar-refractivity contribution in [1.82, 2.24) is 10.3 Å². The van der Waals surface area contributed by atoms with Crippen molar-refractivity contribution in [3.8, 4) is 5.88 Å². The van der Waals surface area contributed by atoms with Gasteiger partial charge in [-0.15, -0.1) is 0 Å². The topological polar surface area (TPSA) is 51.2 Å². The van der Waals surface area contributed by atoms with Gasteiger partial charge >= 0.3 is 0 Å². The minimum Gasteiger partial charge on any atom is -0.480 e. The molecule has 1 atom stereocenters. The third-order valence-electron chi connectivity index (χ3n) is 3.13. The van der Waals surface area contributed by atoms with E-state index in [1.54, 1.807) is 18.3 Å². The molecule has 0 aliphatic heterocycles. The number of carbonyl (C=O) groups is 1. The molecule has 104 valence electrons. The SMILES string of the molecule is COc1ncccc1C(=O)NC(C)c1ccc(C)cc1. The maximum atomic E-state index is 12.2. The lowest BCUT2D eigenvalue weighted by Crippen LogP contribution is -2.27. The van der Waals surface area contributed by atoms with Gasteiger partial charge in [-0.3, -0.25) is 4.79 Å². The fraction of sp³-hybridized carbons (Fsp3) is 0.250. The number of hydrogen-bond acceptors (Lipinski definition) is 3. The van der Waals surface area contributed by atoms with E-state index in [2.05, 4.69) is 10.3 Å². The van der Waals surface area contributed by atoms with Crippen LogP contribution in [0.15, 0.2) is 42.6 Å². The number of aryl methyl sites for hydroxylation is 1. The molecule has 20 heavy (non-hydrogen) atoms. The van der Waals surface area contributed by atoms with Gasteiger partial charge in [-0.25, -0.2) is 4.98 Å². The van der Waals surface area contributed by atoms with Gasteiger partial charge in [0.15, 0.2) is 0 Å². The molecule has 2 aromatic rings. The Balaban J connectivity index is 2.13. The van der Waals surface area contributed by atoms with Gasteiger partial charge in [0.1, 0.15) is 5.56 Å². The van der Waals surface area contributed by atoms with Gasteiger partial charge in [0.2, 0.25) is 5.88 Å². The largest absolute Gasteiger partial charge is 0.480 e. The maximum absolute atomic E-state index is 12.2. The van der Waals surface area contributed by atoms with E-state index in [0.717, 1.165) is 5.56 Å². The molecule has 1 aromatic carbocycles. The van der Waals surface area contributed by atoms with Crippen LogP contribution in [0.5, 0.6) is 5.88 Å². The van der Waals surface area contributed by atoms with Crippen molar-refractivity contribution in [3.05, 3.63) is 59.3 Å². The summed E-state index contributed by atoms with van der Waals surface area (Å²) in [6.45, 7) is 3.99. The van der Waals surface area contributed by atoms with Gasteiger partial charge < -0.3 is 10.1 Å². The van der Waals surface area contributed by atoms with Crippen LogP contribution in [-0.4, -0.2) is 18.0 Å². The summed E-state index contributed by atoms with van der Waals surface area (Å²) in [5.41, 5.74) is 2.70. The van der Waals surface area contributed by atoms with E-state index < -0.39 is 0 Å². The molecule has 0 aliphatic rings. The summed E-state index contributed by atoms with van der Waals surface area (Å²) in [5.74, 6) is 0.143. The molecule has 1 amide bonds. The fourth-order valence-corrected chi connectivity index (χ4v) is 1.94. The first kappa shape index (κ1) is 14.1. The number of nitrogens with zero attached hydrogens (tertiary/aromatic N) is 1. The van der Waals surface area contributed by atoms with Crippen LogP contribution in [0.25, 0.3) is 0 Å². The van der Waals surface area contributed by atoms with E-state index in [9.17, 15) is 4.79 Å². The molecule has 4 nitrogen and oxygen atoms in total. The number of nitrogens with one attached hydrogen (secondary N) is 1. The average Bonchev–Trinajstić information content (AvgIpc) is 2.47. The number of carbonyl (C=O) groups excluding carboxylic acids is 1. The third kappa shape index (κ3) is 3.15. The molecule has 0 saturated heterocycles. The summed E-state index contributed by atoms with van der Waals surface area (Å²) >= 11 is 0. The van der Waals surface area contributed by atoms with Crippen molar-refractivity contribution in [3.63, 3.8) is 0 Å². The molecule has 0 fully saturated rings. The van der Waals surface area contributed by atoms with E-state index >= 15 is 0 Å². The van der Waals surface area contributed by atoms with E-state index in [0.29, 0.717) is 11.4 Å². The molecule has 0 saturated carbocycles. The van der Waals surface area contributed by atoms with E-state index in [-0.39, 0.29) is 11.9 Å². The lowest BCUT2D eigenvalue weighted by atomic mass is 10.1. The number of benzene rings is 1. The molecule has 1 N–H and O–H groups in total. The summed E-state index contributed by atoms with van der Waals surface area (Å²) in [5, 5.41) is 2.95. The second kappa shape index (κ2) is 6.19. The number of aromatic nitrogens is 1. The molecule has 0 radical (unpaired) electrons. The maximum Gasteiger partial charge on any atom is 0.257 e. The first-order valence-corrected chi connectivity index (χ1v) is 6.48. The second-order valence-corrected chi connectivity index (χ2v) is 4.67. The number of methoxy groups -OCH3 is 1. The normalized spacial score (nSPS) is 11.8. The monoisotopic (exact) mass is 270 g/mol. The molecular formula is C16H18N2O2. The number of ether oxygens (including phenoxy) is 1. The molecule has 1 aromatic heterocycles. The van der Waals surface area contributed by atoms with Crippen molar-refractivity contribution in [2.24, 2.45) is 0 Å². The molecule has 1 heterocycles. The summed E-state index contributed by atoms with van der Waals surface area (Å²) < 4.78 is 5.10. The van der Waals surface area contributed by atoms with Crippen LogP contribution in [-0.2, 0) is 0 Å². The van der Waals surface area contributed by atoms with Crippen molar-refractivity contribution in [1.29, 1.82) is 0 Å². The van der Waals surface area contributed by atoms with Crippen LogP contribution < -0.4 is 10.1 Å². The van der Waals surface area contributed by atoms with Crippen molar-refractivity contribution < 1.29 is 9.53 Å². The van der Waals surface area contributed by atoms with E-state index in [4.69, 9.17) is 4.74 Å². The van der Waals surface area contributed by atoms with E-state index in [1.165, 1.54) is 12.7 Å². The lowest BCUT2D eigenvalue weighted by molar-refractivity contribution is 0.0936. The number of rotatable bonds is 4. The van der Waals surface area contributed by atoms with Gasteiger partial charge in [-0.1, -0.05) is 29.8 Å². The summed E-state index contributed by atoms with van der Waals surface area (Å²) in [6.07, 6.45) is 1.60. The Morgan fingerprint density at radius 2 is 1.95 bits per heavy atom. The molecule has 1 unspecified atom stereocenters. The molecule has 0 aliphatic carbocycles. The quantitative estimate of drug-likeness (QED) is 0.929. The molecule has 0 spiro atoms. The Morgan fingerprint density at radius 1 is 1.25 bits per heavy atom. The first-order chi connectivity index (χ1) is 9.61. The van der Waals surface area contributed by atoms with E-state index in [1.807, 2.05) is 38.1 Å². The Labute approximate surface area is 118 Å². The highest BCUT2D eigenvalue weighted by atomic mass is 16.5. The van der Waals surface area contributed by atoms with Crippen LogP contribution in [0, 0.1) is 6.92 Å². The zero-order valence-electron chi connectivity index (χ0n) is 11.9. The zero-order chi connectivity index (χ0) is 14.5. The van der Waals surface area contributed by atoms with Gasteiger partial charge in [-0.05, 0) is 31.5 Å². The van der Waals surface area contributed by atoms with Crippen LogP contribution >= 0.6 is 0 Å². The third-order valence-corrected chi connectivity index (χ3v) is 3.13. The number of hydrogen-bond donors (Lipinski definition) is 1. The smallest absolute Gasteiger partial charge is 0.257 e. The highest BCUT2D eigenvalue weighted by molar-refractivity contribution is 5.96. The fourth-order valence-electron chi connectivity index (χ4n) is 1.94. The highest BCUT2D eigenvalue weighted by Gasteiger charge is 2.15. The van der Waals surface area contributed by atoms with Crippen LogP contribution in [0.4, 0.5) is 0 Å². The first-order valence-electron chi connectivity index (χ1n) is 6.48. The summed E-state index contributed by atoms with van der Waals surface area (Å²) in [4.78, 5) is 16.3. The Kier molecular flexibility index (Phi) is 4.35. The predicted octanol–water partition coefficient (Wildman–Crippen LogP) is 2.89. The summed E-state index contributed by atoms with van der Waals surface area (Å²) in [7, 11) is 1.50. The minimum absolute atomic E-state index is 0.0759.